The van der Waals surface area contributed by atoms with Gasteiger partial charge in [-0.1, -0.05) is 119 Å². The number of rotatable bonds is 6. The van der Waals surface area contributed by atoms with E-state index in [9.17, 15) is 46.4 Å². The summed E-state index contributed by atoms with van der Waals surface area (Å²) in [6.45, 7) is 0. The van der Waals surface area contributed by atoms with Crippen LogP contribution in [0.4, 0.5) is 22.7 Å². The third-order valence-corrected chi connectivity index (χ3v) is 8.90. The van der Waals surface area contributed by atoms with Crippen molar-refractivity contribution in [1.82, 2.24) is 0 Å². The van der Waals surface area contributed by atoms with Crippen molar-refractivity contribution in [3.05, 3.63) is 107 Å². The van der Waals surface area contributed by atoms with E-state index in [0.717, 1.165) is 35.0 Å². The molecule has 51 heavy (non-hydrogen) atoms. The van der Waals surface area contributed by atoms with Crippen molar-refractivity contribution in [2.45, 2.75) is 9.79 Å². The van der Waals surface area contributed by atoms with Gasteiger partial charge in [-0.3, -0.25) is 0 Å². The standard InChI is InChI=1S/2C16H11ClN2O5S.Cr/c2*17-10-7-12(16(21)14(8-10)25(22,23)24)18-19-15-11-4-2-1-3-9(11)5-6-13(15)20;/h2*1-8,20-21H,(H,22,23,24);/q;;+3/p-3. The number of hydrogen-bond acceptors (Lipinski definition) is 14. The Morgan fingerprint density at radius 2 is 0.863 bits per heavy atom. The third-order valence-electron chi connectivity index (χ3n) is 6.78. The Balaban J connectivity index is 0.000000503. The van der Waals surface area contributed by atoms with Crippen LogP contribution in [-0.4, -0.2) is 25.9 Å². The Bertz CT molecular complexity index is 2430. The van der Waals surface area contributed by atoms with Gasteiger partial charge in [0.2, 0.25) is 0 Å². The monoisotopic (exact) mass is 805 g/mol. The van der Waals surface area contributed by atoms with Crippen LogP contribution >= 0.6 is 23.2 Å². The van der Waals surface area contributed by atoms with E-state index >= 15 is 0 Å². The van der Waals surface area contributed by atoms with Gasteiger partial charge in [-0.2, -0.15) is 20.5 Å². The van der Waals surface area contributed by atoms with E-state index < -0.39 is 64.4 Å². The maximum Gasteiger partial charge on any atom is 3.00 e. The van der Waals surface area contributed by atoms with Crippen LogP contribution < -0.4 is 20.4 Å². The molecule has 0 fully saturated rings. The molecular weight excluding hydrogens is 787 g/mol. The molecule has 0 aliphatic rings. The SMILES string of the molecule is O=S(=O)([O-])c1cc(Cl)cc(N=Nc2c([O-])ccc3ccccc23)c1[O-].O=S(=O)([O-])c1cc(Cl)cc(N=Nc2c([O-])ccc3ccccc23)c1[O-].[Cr+3].[H+].[H+].[H+]. The van der Waals surface area contributed by atoms with Crippen LogP contribution in [-0.2, 0) is 37.6 Å². The minimum atomic E-state index is -5.01. The first-order chi connectivity index (χ1) is 23.5. The summed E-state index contributed by atoms with van der Waals surface area (Å²) in [5.74, 6) is -3.10. The molecule has 0 spiro atoms. The smallest absolute Gasteiger partial charge is 0.871 e. The van der Waals surface area contributed by atoms with E-state index in [1.54, 1.807) is 60.7 Å². The van der Waals surface area contributed by atoms with E-state index in [-0.39, 0.29) is 43.1 Å². The normalized spacial score (nSPS) is 11.8. The van der Waals surface area contributed by atoms with Crippen molar-refractivity contribution in [1.29, 1.82) is 0 Å². The first-order valence-corrected chi connectivity index (χ1v) is 17.3. The molecule has 0 unspecified atom stereocenters. The fourth-order valence-corrected chi connectivity index (χ4v) is 6.27. The molecule has 0 heterocycles. The van der Waals surface area contributed by atoms with Crippen molar-refractivity contribution in [3.63, 3.8) is 0 Å². The zero-order chi connectivity index (χ0) is 36.4. The Kier molecular flexibility index (Phi) is 11.9. The summed E-state index contributed by atoms with van der Waals surface area (Å²) in [6.07, 6.45) is 0. The van der Waals surface area contributed by atoms with Crippen molar-refractivity contribution in [2.24, 2.45) is 20.5 Å². The number of azo groups is 2. The topological polar surface area (TPSA) is 256 Å². The summed E-state index contributed by atoms with van der Waals surface area (Å²) in [5.41, 5.74) is -0.920. The minimum absolute atomic E-state index is 0. The molecule has 6 aromatic rings. The van der Waals surface area contributed by atoms with Crippen molar-refractivity contribution in [2.75, 3.05) is 0 Å². The van der Waals surface area contributed by atoms with Crippen molar-refractivity contribution < 1.29 is 68.0 Å². The number of fused-ring (bicyclic) bond motifs is 2. The van der Waals surface area contributed by atoms with E-state index in [0.29, 0.717) is 10.8 Å². The van der Waals surface area contributed by atoms with Crippen molar-refractivity contribution in [3.8, 4) is 23.0 Å². The van der Waals surface area contributed by atoms with Gasteiger partial charge in [-0.05, 0) is 35.0 Å². The molecule has 0 aliphatic carbocycles. The molecule has 259 valence electrons. The molecule has 1 radical (unpaired) electrons. The Labute approximate surface area is 314 Å². The first-order valence-electron chi connectivity index (χ1n) is 13.7. The molecule has 0 N–H and O–H groups in total. The van der Waals surface area contributed by atoms with Gasteiger partial charge < -0.3 is 29.5 Å². The Morgan fingerprint density at radius 1 is 0.510 bits per heavy atom. The van der Waals surface area contributed by atoms with Gasteiger partial charge in [0.05, 0.1) is 32.5 Å². The number of hydrogen-bond donors (Lipinski definition) is 0. The molecule has 0 aromatic heterocycles. The summed E-state index contributed by atoms with van der Waals surface area (Å²) < 4.78 is 66.7. The summed E-state index contributed by atoms with van der Waals surface area (Å²) in [6, 6.07) is 23.3. The van der Waals surface area contributed by atoms with Crippen LogP contribution in [0.3, 0.4) is 0 Å². The van der Waals surface area contributed by atoms with Crippen LogP contribution in [0.15, 0.2) is 127 Å². The fraction of sp³-hybridized carbons (Fsp3) is 0. The zero-order valence-electron chi connectivity index (χ0n) is 28.1. The van der Waals surface area contributed by atoms with E-state index in [4.69, 9.17) is 23.2 Å². The molecule has 6 aromatic carbocycles. The average Bonchev–Trinajstić information content (AvgIpc) is 3.05. The second kappa shape index (κ2) is 15.6. The predicted molar refractivity (Wildman–Crippen MR) is 176 cm³/mol. The summed E-state index contributed by atoms with van der Waals surface area (Å²) >= 11 is 11.5. The van der Waals surface area contributed by atoms with Gasteiger partial charge in [-0.15, -0.1) is 0 Å². The van der Waals surface area contributed by atoms with Crippen LogP contribution in [0.5, 0.6) is 23.0 Å². The van der Waals surface area contributed by atoms with Crippen LogP contribution in [0.2, 0.25) is 10.0 Å². The summed E-state index contributed by atoms with van der Waals surface area (Å²) in [5, 5.41) is 65.3. The molecule has 0 saturated heterocycles. The van der Waals surface area contributed by atoms with E-state index in [1.165, 1.54) is 12.1 Å². The van der Waals surface area contributed by atoms with Gasteiger partial charge >= 0.3 is 21.6 Å². The number of nitrogens with zero attached hydrogens (tertiary/aromatic N) is 4. The van der Waals surface area contributed by atoms with Gasteiger partial charge in [-0.25, -0.2) is 16.8 Å². The quantitative estimate of drug-likeness (QED) is 0.135. The maximum absolute atomic E-state index is 12.1. The number of benzene rings is 6. The Morgan fingerprint density at radius 3 is 1.22 bits per heavy atom. The molecule has 0 saturated carbocycles. The fourth-order valence-electron chi connectivity index (χ4n) is 4.51. The van der Waals surface area contributed by atoms with Crippen molar-refractivity contribution >= 4 is 87.7 Å². The number of halogens is 2. The maximum atomic E-state index is 12.1. The van der Waals surface area contributed by atoms with Crippen LogP contribution in [0.25, 0.3) is 21.5 Å². The average molecular weight is 807 g/mol. The molecular formula is C32H19Cl2CrN4O10S2. The molecule has 0 aliphatic heterocycles. The molecule has 14 nitrogen and oxygen atoms in total. The molecule has 6 rings (SSSR count). The van der Waals surface area contributed by atoms with Gasteiger partial charge in [0.1, 0.15) is 20.2 Å². The molecule has 0 atom stereocenters. The summed E-state index contributed by atoms with van der Waals surface area (Å²) in [7, 11) is -10.0. The molecule has 0 amide bonds. The second-order valence-electron chi connectivity index (χ2n) is 10.1. The second-order valence-corrected chi connectivity index (χ2v) is 13.6. The van der Waals surface area contributed by atoms with Crippen LogP contribution in [0.1, 0.15) is 4.28 Å². The van der Waals surface area contributed by atoms with E-state index in [1.807, 2.05) is 0 Å². The van der Waals surface area contributed by atoms with Crippen LogP contribution in [0, 0.1) is 0 Å². The third kappa shape index (κ3) is 8.92. The van der Waals surface area contributed by atoms with Gasteiger partial charge in [0.25, 0.3) is 0 Å². The first kappa shape index (κ1) is 39.0. The van der Waals surface area contributed by atoms with Gasteiger partial charge in [0.15, 0.2) is 0 Å². The minimum Gasteiger partial charge on any atom is -0.871 e. The molecule has 0 bridgehead atoms. The van der Waals surface area contributed by atoms with Gasteiger partial charge in [0, 0.05) is 20.8 Å². The predicted octanol–water partition coefficient (Wildman–Crippen LogP) is 6.25. The molecule has 19 heteroatoms. The largest absolute Gasteiger partial charge is 3.00 e. The zero-order valence-corrected chi connectivity index (χ0v) is 29.5. The Hall–Kier alpha value is -4.83. The van der Waals surface area contributed by atoms with E-state index in [2.05, 4.69) is 20.5 Å². The summed E-state index contributed by atoms with van der Waals surface area (Å²) in [4.78, 5) is -2.04.